The smallest absolute Gasteiger partial charge is 0.325 e. The molecule has 19 heavy (non-hydrogen) atoms. The predicted octanol–water partition coefficient (Wildman–Crippen LogP) is 2.45. The molecule has 6 heteroatoms. The van der Waals surface area contributed by atoms with Crippen LogP contribution in [-0.2, 0) is 4.79 Å². The fraction of sp³-hybridized carbons (Fsp3) is 0.462. The van der Waals surface area contributed by atoms with Crippen molar-refractivity contribution in [2.24, 2.45) is 0 Å². The topological polar surface area (TPSA) is 83.7 Å². The second-order valence-corrected chi connectivity index (χ2v) is 4.42. The van der Waals surface area contributed by atoms with Crippen LogP contribution >= 0.6 is 0 Å². The zero-order valence-corrected chi connectivity index (χ0v) is 11.1. The van der Waals surface area contributed by atoms with Gasteiger partial charge in [-0.1, -0.05) is 25.5 Å². The first-order valence-corrected chi connectivity index (χ1v) is 6.14. The summed E-state index contributed by atoms with van der Waals surface area (Å²) in [7, 11) is 1.75. The summed E-state index contributed by atoms with van der Waals surface area (Å²) in [5, 5.41) is 19.9. The number of rotatable bonds is 7. The third-order valence-corrected chi connectivity index (χ3v) is 2.96. The van der Waals surface area contributed by atoms with E-state index in [4.69, 9.17) is 0 Å². The van der Waals surface area contributed by atoms with Crippen molar-refractivity contribution < 1.29 is 14.8 Å². The number of aliphatic carboxylic acids is 1. The monoisotopic (exact) mass is 266 g/mol. The van der Waals surface area contributed by atoms with Crippen molar-refractivity contribution in [3.63, 3.8) is 0 Å². The number of benzene rings is 1. The number of nitro groups is 1. The Morgan fingerprint density at radius 3 is 2.42 bits per heavy atom. The van der Waals surface area contributed by atoms with Gasteiger partial charge >= 0.3 is 5.97 Å². The van der Waals surface area contributed by atoms with E-state index in [0.717, 1.165) is 12.8 Å². The highest BCUT2D eigenvalue weighted by Crippen LogP contribution is 2.22. The van der Waals surface area contributed by atoms with Crippen LogP contribution in [0.5, 0.6) is 0 Å². The van der Waals surface area contributed by atoms with E-state index < -0.39 is 16.9 Å². The maximum atomic E-state index is 11.3. The number of unbranched alkanes of at least 4 members (excludes halogenated alkanes) is 1. The van der Waals surface area contributed by atoms with Gasteiger partial charge in [0.15, 0.2) is 0 Å². The Hall–Kier alpha value is -1.95. The predicted molar refractivity (Wildman–Crippen MR) is 71.0 cm³/mol. The molecule has 1 aromatic rings. The minimum Gasteiger partial charge on any atom is -0.480 e. The Kier molecular flexibility index (Phi) is 5.44. The van der Waals surface area contributed by atoms with Crippen LogP contribution in [0.3, 0.4) is 0 Å². The molecule has 6 nitrogen and oxygen atoms in total. The molecule has 0 aromatic heterocycles. The fourth-order valence-electron chi connectivity index (χ4n) is 1.90. The van der Waals surface area contributed by atoms with Crippen molar-refractivity contribution in [3.8, 4) is 0 Å². The van der Waals surface area contributed by atoms with Crippen molar-refractivity contribution >= 4 is 11.7 Å². The Labute approximate surface area is 111 Å². The number of nitro benzene ring substituents is 1. The molecule has 0 spiro atoms. The zero-order valence-electron chi connectivity index (χ0n) is 11.1. The number of hydrogen-bond donors (Lipinski definition) is 1. The Morgan fingerprint density at radius 2 is 2.00 bits per heavy atom. The van der Waals surface area contributed by atoms with Gasteiger partial charge in [-0.2, -0.15) is 0 Å². The van der Waals surface area contributed by atoms with Crippen molar-refractivity contribution in [3.05, 3.63) is 39.9 Å². The molecular formula is C13H18N2O4. The fourth-order valence-corrected chi connectivity index (χ4v) is 1.90. The molecule has 1 aromatic carbocycles. The van der Waals surface area contributed by atoms with E-state index in [2.05, 4.69) is 0 Å². The van der Waals surface area contributed by atoms with E-state index in [0.29, 0.717) is 12.1 Å². The van der Waals surface area contributed by atoms with Gasteiger partial charge in [0, 0.05) is 12.1 Å². The van der Waals surface area contributed by atoms with E-state index in [-0.39, 0.29) is 5.69 Å². The maximum Gasteiger partial charge on any atom is 0.325 e. The van der Waals surface area contributed by atoms with Crippen LogP contribution in [0.15, 0.2) is 24.3 Å². The third-order valence-electron chi connectivity index (χ3n) is 2.96. The summed E-state index contributed by atoms with van der Waals surface area (Å²) < 4.78 is 0. The second kappa shape index (κ2) is 6.84. The molecule has 0 amide bonds. The molecule has 0 aliphatic carbocycles. The first-order valence-electron chi connectivity index (χ1n) is 6.14. The van der Waals surface area contributed by atoms with Gasteiger partial charge in [-0.15, -0.1) is 0 Å². The average Bonchev–Trinajstić information content (AvgIpc) is 2.36. The molecule has 1 atom stereocenters. The molecule has 1 N–H and O–H groups in total. The van der Waals surface area contributed by atoms with Gasteiger partial charge in [0.2, 0.25) is 0 Å². The average molecular weight is 266 g/mol. The van der Waals surface area contributed by atoms with E-state index in [1.165, 1.54) is 24.3 Å². The SMILES string of the molecule is CCCCN(C)C(C(=O)O)c1ccc([N+](=O)[O-])cc1. The second-order valence-electron chi connectivity index (χ2n) is 4.42. The van der Waals surface area contributed by atoms with Crippen molar-refractivity contribution in [1.82, 2.24) is 4.90 Å². The molecule has 0 bridgehead atoms. The van der Waals surface area contributed by atoms with Crippen LogP contribution in [0.1, 0.15) is 31.4 Å². The van der Waals surface area contributed by atoms with E-state index in [9.17, 15) is 20.0 Å². The van der Waals surface area contributed by atoms with Crippen LogP contribution in [0.25, 0.3) is 0 Å². The van der Waals surface area contributed by atoms with Crippen LogP contribution in [-0.4, -0.2) is 34.5 Å². The highest BCUT2D eigenvalue weighted by molar-refractivity contribution is 5.75. The normalized spacial score (nSPS) is 12.4. The Balaban J connectivity index is 2.92. The molecule has 0 radical (unpaired) electrons. The number of carboxylic acid groups (broad SMARTS) is 1. The number of nitrogens with zero attached hydrogens (tertiary/aromatic N) is 2. The quantitative estimate of drug-likeness (QED) is 0.605. The Morgan fingerprint density at radius 1 is 1.42 bits per heavy atom. The molecule has 1 unspecified atom stereocenters. The first kappa shape index (κ1) is 15.1. The Bertz CT molecular complexity index is 444. The van der Waals surface area contributed by atoms with Gasteiger partial charge in [-0.25, -0.2) is 0 Å². The zero-order chi connectivity index (χ0) is 14.4. The standard InChI is InChI=1S/C13H18N2O4/c1-3-4-9-14(2)12(13(16)17)10-5-7-11(8-6-10)15(18)19/h5-8,12H,3-4,9H2,1-2H3,(H,16,17). The highest BCUT2D eigenvalue weighted by atomic mass is 16.6. The van der Waals surface area contributed by atoms with Gasteiger partial charge in [0.05, 0.1) is 4.92 Å². The molecule has 0 saturated carbocycles. The molecular weight excluding hydrogens is 248 g/mol. The molecule has 0 fully saturated rings. The minimum absolute atomic E-state index is 0.0379. The molecule has 1 rings (SSSR count). The van der Waals surface area contributed by atoms with Crippen molar-refractivity contribution in [2.45, 2.75) is 25.8 Å². The minimum atomic E-state index is -0.951. The van der Waals surface area contributed by atoms with Crippen LogP contribution in [0, 0.1) is 10.1 Å². The summed E-state index contributed by atoms with van der Waals surface area (Å²) in [5.74, 6) is -0.951. The lowest BCUT2D eigenvalue weighted by atomic mass is 10.0. The largest absolute Gasteiger partial charge is 0.480 e. The van der Waals surface area contributed by atoms with Crippen LogP contribution < -0.4 is 0 Å². The van der Waals surface area contributed by atoms with Gasteiger partial charge in [0.25, 0.3) is 5.69 Å². The maximum absolute atomic E-state index is 11.3. The third kappa shape index (κ3) is 4.03. The number of likely N-dealkylation sites (N-methyl/N-ethyl adjacent to an activating group) is 1. The van der Waals surface area contributed by atoms with Gasteiger partial charge in [-0.05, 0) is 25.6 Å². The number of carboxylic acids is 1. The summed E-state index contributed by atoms with van der Waals surface area (Å²) in [5.41, 5.74) is 0.515. The molecule has 104 valence electrons. The van der Waals surface area contributed by atoms with Gasteiger partial charge in [-0.3, -0.25) is 19.8 Å². The molecule has 0 heterocycles. The molecule has 0 saturated heterocycles. The first-order chi connectivity index (χ1) is 8.97. The lowest BCUT2D eigenvalue weighted by Gasteiger charge is -2.24. The van der Waals surface area contributed by atoms with Crippen molar-refractivity contribution in [1.29, 1.82) is 0 Å². The molecule has 0 aliphatic rings. The summed E-state index contributed by atoms with van der Waals surface area (Å²) >= 11 is 0. The van der Waals surface area contributed by atoms with Crippen molar-refractivity contribution in [2.75, 3.05) is 13.6 Å². The van der Waals surface area contributed by atoms with Gasteiger partial charge < -0.3 is 5.11 Å². The van der Waals surface area contributed by atoms with E-state index in [1.807, 2.05) is 6.92 Å². The lowest BCUT2D eigenvalue weighted by molar-refractivity contribution is -0.384. The van der Waals surface area contributed by atoms with Gasteiger partial charge in [0.1, 0.15) is 6.04 Å². The number of hydrogen-bond acceptors (Lipinski definition) is 4. The molecule has 0 aliphatic heterocycles. The van der Waals surface area contributed by atoms with E-state index in [1.54, 1.807) is 11.9 Å². The lowest BCUT2D eigenvalue weighted by Crippen LogP contribution is -2.31. The van der Waals surface area contributed by atoms with E-state index >= 15 is 0 Å². The highest BCUT2D eigenvalue weighted by Gasteiger charge is 2.24. The number of carbonyl (C=O) groups is 1. The summed E-state index contributed by atoms with van der Waals surface area (Å²) in [4.78, 5) is 23.2. The summed E-state index contributed by atoms with van der Waals surface area (Å²) in [6.07, 6.45) is 1.89. The summed E-state index contributed by atoms with van der Waals surface area (Å²) in [6, 6.07) is 4.89. The number of non-ortho nitro benzene ring substituents is 1. The summed E-state index contributed by atoms with van der Waals surface area (Å²) in [6.45, 7) is 2.71. The van der Waals surface area contributed by atoms with Crippen LogP contribution in [0.4, 0.5) is 5.69 Å². The van der Waals surface area contributed by atoms with Crippen LogP contribution in [0.2, 0.25) is 0 Å².